The van der Waals surface area contributed by atoms with Gasteiger partial charge in [-0.3, -0.25) is 0 Å². The summed E-state index contributed by atoms with van der Waals surface area (Å²) in [4.78, 5) is 4.99. The second kappa shape index (κ2) is 9.76. The smallest absolute Gasteiger partial charge is 0.00193 e. The molecule has 0 aromatic rings. The van der Waals surface area contributed by atoms with Crippen molar-refractivity contribution in [2.75, 3.05) is 53.4 Å². The zero-order chi connectivity index (χ0) is 13.2. The van der Waals surface area contributed by atoms with E-state index >= 15 is 0 Å². The fraction of sp³-hybridized carbons (Fsp3) is 1.00. The van der Waals surface area contributed by atoms with E-state index in [4.69, 9.17) is 0 Å². The largest absolute Gasteiger partial charge is 0.317 e. The fourth-order valence-electron chi connectivity index (χ4n) is 2.87. The lowest BCUT2D eigenvalue weighted by atomic mass is 10.1. The number of nitrogens with one attached hydrogen (secondary N) is 1. The Bertz CT molecular complexity index is 196. The molecule has 1 saturated heterocycles. The van der Waals surface area contributed by atoms with Crippen LogP contribution >= 0.6 is 0 Å². The molecule has 0 aromatic heterocycles. The molecule has 0 amide bonds. The van der Waals surface area contributed by atoms with Crippen molar-refractivity contribution in [2.45, 2.75) is 39.0 Å². The lowest BCUT2D eigenvalue weighted by Crippen LogP contribution is -2.28. The molecule has 1 unspecified atom stereocenters. The molecule has 108 valence electrons. The average Bonchev–Trinajstić information content (AvgIpc) is 2.73. The molecule has 1 rings (SSSR count). The van der Waals surface area contributed by atoms with E-state index < -0.39 is 0 Å². The molecule has 1 aliphatic rings. The van der Waals surface area contributed by atoms with Crippen LogP contribution in [0, 0.1) is 5.92 Å². The zero-order valence-corrected chi connectivity index (χ0v) is 12.7. The van der Waals surface area contributed by atoms with E-state index in [1.54, 1.807) is 0 Å². The minimum atomic E-state index is 0.911. The number of unbranched alkanes of at least 4 members (excludes halogenated alkanes) is 3. The van der Waals surface area contributed by atoms with Crippen molar-refractivity contribution < 1.29 is 0 Å². The SMILES string of the molecule is CCNCCCCCCN(C)CC1CCN(C)C1. The van der Waals surface area contributed by atoms with Gasteiger partial charge in [-0.15, -0.1) is 0 Å². The molecule has 1 N–H and O–H groups in total. The minimum absolute atomic E-state index is 0.911. The summed E-state index contributed by atoms with van der Waals surface area (Å²) in [5.74, 6) is 0.911. The van der Waals surface area contributed by atoms with Crippen LogP contribution in [-0.4, -0.2) is 63.2 Å². The average molecular weight is 255 g/mol. The molecule has 0 aliphatic carbocycles. The van der Waals surface area contributed by atoms with Gasteiger partial charge in [0.05, 0.1) is 0 Å². The number of rotatable bonds is 10. The maximum absolute atomic E-state index is 3.39. The number of hydrogen-bond acceptors (Lipinski definition) is 3. The summed E-state index contributed by atoms with van der Waals surface area (Å²) in [6.45, 7) is 9.65. The molecular formula is C15H33N3. The van der Waals surface area contributed by atoms with Crippen LogP contribution in [0.1, 0.15) is 39.0 Å². The Morgan fingerprint density at radius 1 is 1.22 bits per heavy atom. The Balaban J connectivity index is 1.89. The van der Waals surface area contributed by atoms with E-state index in [0.29, 0.717) is 0 Å². The highest BCUT2D eigenvalue weighted by Crippen LogP contribution is 2.15. The third-order valence-electron chi connectivity index (χ3n) is 3.95. The lowest BCUT2D eigenvalue weighted by molar-refractivity contribution is 0.268. The number of nitrogens with zero attached hydrogens (tertiary/aromatic N) is 2. The van der Waals surface area contributed by atoms with Crippen molar-refractivity contribution in [1.29, 1.82) is 0 Å². The van der Waals surface area contributed by atoms with Crippen molar-refractivity contribution in [1.82, 2.24) is 15.1 Å². The maximum atomic E-state index is 3.39. The maximum Gasteiger partial charge on any atom is 0.00193 e. The summed E-state index contributed by atoms with van der Waals surface area (Å²) in [6.07, 6.45) is 6.87. The fourth-order valence-corrected chi connectivity index (χ4v) is 2.87. The van der Waals surface area contributed by atoms with Crippen LogP contribution < -0.4 is 5.32 Å². The topological polar surface area (TPSA) is 18.5 Å². The molecule has 1 atom stereocenters. The Labute approximate surface area is 114 Å². The summed E-state index contributed by atoms with van der Waals surface area (Å²) in [5, 5.41) is 3.39. The minimum Gasteiger partial charge on any atom is -0.317 e. The van der Waals surface area contributed by atoms with Gasteiger partial charge in [0.2, 0.25) is 0 Å². The standard InChI is InChI=1S/C15H33N3/c1-4-16-10-7-5-6-8-11-17(2)13-15-9-12-18(3)14-15/h15-16H,4-14H2,1-3H3. The van der Waals surface area contributed by atoms with E-state index in [-0.39, 0.29) is 0 Å². The Morgan fingerprint density at radius 3 is 2.67 bits per heavy atom. The van der Waals surface area contributed by atoms with Gasteiger partial charge in [-0.1, -0.05) is 19.8 Å². The Kier molecular flexibility index (Phi) is 8.64. The van der Waals surface area contributed by atoms with Gasteiger partial charge in [0.25, 0.3) is 0 Å². The Hall–Kier alpha value is -0.120. The third-order valence-corrected chi connectivity index (χ3v) is 3.95. The van der Waals surface area contributed by atoms with Gasteiger partial charge in [-0.2, -0.15) is 0 Å². The molecule has 0 bridgehead atoms. The van der Waals surface area contributed by atoms with E-state index in [1.807, 2.05) is 0 Å². The first kappa shape index (κ1) is 15.9. The van der Waals surface area contributed by atoms with Crippen molar-refractivity contribution in [2.24, 2.45) is 5.92 Å². The van der Waals surface area contributed by atoms with Crippen molar-refractivity contribution in [3.8, 4) is 0 Å². The molecule has 1 aliphatic heterocycles. The van der Waals surface area contributed by atoms with Crippen molar-refractivity contribution in [3.05, 3.63) is 0 Å². The highest BCUT2D eigenvalue weighted by atomic mass is 15.1. The predicted molar refractivity (Wildman–Crippen MR) is 80.1 cm³/mol. The molecule has 18 heavy (non-hydrogen) atoms. The van der Waals surface area contributed by atoms with Crippen molar-refractivity contribution >= 4 is 0 Å². The first-order chi connectivity index (χ1) is 8.72. The third kappa shape index (κ3) is 7.34. The first-order valence-electron chi connectivity index (χ1n) is 7.80. The Morgan fingerprint density at radius 2 is 2.00 bits per heavy atom. The van der Waals surface area contributed by atoms with Crippen LogP contribution in [0.25, 0.3) is 0 Å². The van der Waals surface area contributed by atoms with Crippen LogP contribution in [-0.2, 0) is 0 Å². The van der Waals surface area contributed by atoms with E-state index in [9.17, 15) is 0 Å². The van der Waals surface area contributed by atoms with Crippen LogP contribution in [0.5, 0.6) is 0 Å². The predicted octanol–water partition coefficient (Wildman–Crippen LogP) is 2.04. The summed E-state index contributed by atoms with van der Waals surface area (Å²) in [5.41, 5.74) is 0. The van der Waals surface area contributed by atoms with Crippen LogP contribution in [0.4, 0.5) is 0 Å². The molecule has 0 aromatic carbocycles. The monoisotopic (exact) mass is 255 g/mol. The van der Waals surface area contributed by atoms with Gasteiger partial charge < -0.3 is 15.1 Å². The molecule has 0 spiro atoms. The van der Waals surface area contributed by atoms with Gasteiger partial charge in [0.1, 0.15) is 0 Å². The van der Waals surface area contributed by atoms with E-state index in [0.717, 1.165) is 12.5 Å². The molecule has 1 heterocycles. The van der Waals surface area contributed by atoms with E-state index in [1.165, 1.54) is 64.8 Å². The molecular weight excluding hydrogens is 222 g/mol. The summed E-state index contributed by atoms with van der Waals surface area (Å²) in [6, 6.07) is 0. The highest BCUT2D eigenvalue weighted by molar-refractivity contribution is 4.75. The van der Waals surface area contributed by atoms with E-state index in [2.05, 4.69) is 36.1 Å². The van der Waals surface area contributed by atoms with Crippen molar-refractivity contribution in [3.63, 3.8) is 0 Å². The normalized spacial score (nSPS) is 21.0. The quantitative estimate of drug-likeness (QED) is 0.603. The number of hydrogen-bond donors (Lipinski definition) is 1. The zero-order valence-electron chi connectivity index (χ0n) is 12.7. The highest BCUT2D eigenvalue weighted by Gasteiger charge is 2.20. The lowest BCUT2D eigenvalue weighted by Gasteiger charge is -2.20. The van der Waals surface area contributed by atoms with Gasteiger partial charge >= 0.3 is 0 Å². The van der Waals surface area contributed by atoms with Gasteiger partial charge in [0, 0.05) is 13.1 Å². The second-order valence-corrected chi connectivity index (χ2v) is 5.95. The van der Waals surface area contributed by atoms with Gasteiger partial charge in [0.15, 0.2) is 0 Å². The molecule has 0 radical (unpaired) electrons. The van der Waals surface area contributed by atoms with Crippen LogP contribution in [0.3, 0.4) is 0 Å². The summed E-state index contributed by atoms with van der Waals surface area (Å²) >= 11 is 0. The van der Waals surface area contributed by atoms with Crippen LogP contribution in [0.15, 0.2) is 0 Å². The summed E-state index contributed by atoms with van der Waals surface area (Å²) in [7, 11) is 4.53. The molecule has 0 saturated carbocycles. The van der Waals surface area contributed by atoms with Gasteiger partial charge in [-0.25, -0.2) is 0 Å². The molecule has 3 heteroatoms. The van der Waals surface area contributed by atoms with Crippen LogP contribution in [0.2, 0.25) is 0 Å². The molecule has 3 nitrogen and oxygen atoms in total. The summed E-state index contributed by atoms with van der Waals surface area (Å²) < 4.78 is 0. The number of likely N-dealkylation sites (tertiary alicyclic amines) is 1. The first-order valence-corrected chi connectivity index (χ1v) is 7.80. The second-order valence-electron chi connectivity index (χ2n) is 5.95. The van der Waals surface area contributed by atoms with Gasteiger partial charge in [-0.05, 0) is 65.5 Å². The molecule has 1 fully saturated rings.